The number of amides is 4. The molecule has 168 valence electrons. The zero-order chi connectivity index (χ0) is 22.5. The standard InChI is InChI=1S/C23H26ClN5O3/c24-19-13-18(8-9-20(19)28-12-10-25-21(30)15-28)26-22(31)16-5-4-11-29(14-16)23(32)27-17-6-2-1-3-7-17/h1-3,6-9,13,16H,4-5,10-12,14-15H2,(H,25,30)(H,26,31)(H,27,32). The molecule has 2 aromatic rings. The number of carbonyl (C=O) groups excluding carboxylic acids is 3. The lowest BCUT2D eigenvalue weighted by molar-refractivity contribution is -0.121. The number of nitrogens with zero attached hydrogens (tertiary/aromatic N) is 2. The first-order chi connectivity index (χ1) is 15.5. The molecule has 9 heteroatoms. The second-order valence-corrected chi connectivity index (χ2v) is 8.42. The molecule has 0 saturated carbocycles. The Kier molecular flexibility index (Phi) is 6.80. The van der Waals surface area contributed by atoms with Crippen LogP contribution in [0.3, 0.4) is 0 Å². The van der Waals surface area contributed by atoms with Gasteiger partial charge < -0.3 is 25.8 Å². The highest BCUT2D eigenvalue weighted by Gasteiger charge is 2.29. The second kappa shape index (κ2) is 9.91. The summed E-state index contributed by atoms with van der Waals surface area (Å²) in [6.07, 6.45) is 1.48. The van der Waals surface area contributed by atoms with E-state index in [9.17, 15) is 14.4 Å². The van der Waals surface area contributed by atoms with Crippen molar-refractivity contribution >= 4 is 46.5 Å². The minimum Gasteiger partial charge on any atom is -0.359 e. The maximum absolute atomic E-state index is 12.9. The smallest absolute Gasteiger partial charge is 0.321 e. The van der Waals surface area contributed by atoms with E-state index in [4.69, 9.17) is 11.6 Å². The van der Waals surface area contributed by atoms with Crippen LogP contribution in [0.1, 0.15) is 12.8 Å². The fourth-order valence-corrected chi connectivity index (χ4v) is 4.33. The maximum atomic E-state index is 12.9. The minimum atomic E-state index is -0.297. The summed E-state index contributed by atoms with van der Waals surface area (Å²) in [5, 5.41) is 9.06. The van der Waals surface area contributed by atoms with E-state index in [1.165, 1.54) is 0 Å². The van der Waals surface area contributed by atoms with Crippen LogP contribution in [0.5, 0.6) is 0 Å². The molecule has 3 N–H and O–H groups in total. The lowest BCUT2D eigenvalue weighted by Crippen LogP contribution is -2.47. The van der Waals surface area contributed by atoms with Crippen molar-refractivity contribution in [2.45, 2.75) is 12.8 Å². The third-order valence-electron chi connectivity index (χ3n) is 5.70. The molecule has 2 fully saturated rings. The minimum absolute atomic E-state index is 0.0390. The molecule has 0 spiro atoms. The average molecular weight is 456 g/mol. The summed E-state index contributed by atoms with van der Waals surface area (Å²) in [5.41, 5.74) is 2.09. The number of piperidine rings is 1. The van der Waals surface area contributed by atoms with E-state index in [0.29, 0.717) is 36.9 Å². The summed E-state index contributed by atoms with van der Waals surface area (Å²) in [6.45, 7) is 2.49. The van der Waals surface area contributed by atoms with Crippen LogP contribution in [0.25, 0.3) is 0 Å². The number of hydrogen-bond donors (Lipinski definition) is 3. The molecule has 8 nitrogen and oxygen atoms in total. The molecule has 0 aliphatic carbocycles. The molecule has 0 aromatic heterocycles. The number of urea groups is 1. The largest absolute Gasteiger partial charge is 0.359 e. The fraction of sp³-hybridized carbons (Fsp3) is 0.348. The highest BCUT2D eigenvalue weighted by atomic mass is 35.5. The Morgan fingerprint density at radius 2 is 1.84 bits per heavy atom. The van der Waals surface area contributed by atoms with Crippen LogP contribution in [0.4, 0.5) is 21.9 Å². The van der Waals surface area contributed by atoms with Gasteiger partial charge in [0.25, 0.3) is 0 Å². The molecular formula is C23H26ClN5O3. The highest BCUT2D eigenvalue weighted by Crippen LogP contribution is 2.30. The van der Waals surface area contributed by atoms with Gasteiger partial charge in [0.2, 0.25) is 11.8 Å². The summed E-state index contributed by atoms with van der Waals surface area (Å²) in [4.78, 5) is 40.7. The van der Waals surface area contributed by atoms with Crippen LogP contribution in [-0.2, 0) is 9.59 Å². The van der Waals surface area contributed by atoms with Gasteiger partial charge in [-0.2, -0.15) is 0 Å². The van der Waals surface area contributed by atoms with Crippen LogP contribution >= 0.6 is 11.6 Å². The van der Waals surface area contributed by atoms with E-state index in [1.54, 1.807) is 17.0 Å². The van der Waals surface area contributed by atoms with E-state index >= 15 is 0 Å². The number of rotatable bonds is 4. The van der Waals surface area contributed by atoms with Crippen LogP contribution in [0, 0.1) is 5.92 Å². The number of hydrogen-bond acceptors (Lipinski definition) is 4. The Balaban J connectivity index is 1.35. The predicted octanol–water partition coefficient (Wildman–Crippen LogP) is 3.16. The Labute approximate surface area is 191 Å². The Morgan fingerprint density at radius 3 is 2.59 bits per heavy atom. The topological polar surface area (TPSA) is 93.8 Å². The number of carbonyl (C=O) groups is 3. The molecule has 32 heavy (non-hydrogen) atoms. The SMILES string of the molecule is O=C1CN(c2ccc(NC(=O)C3CCCN(C(=O)Nc4ccccc4)C3)cc2Cl)CCN1. The zero-order valence-corrected chi connectivity index (χ0v) is 18.4. The Bertz CT molecular complexity index is 1000. The second-order valence-electron chi connectivity index (χ2n) is 8.01. The summed E-state index contributed by atoms with van der Waals surface area (Å²) >= 11 is 6.44. The van der Waals surface area contributed by atoms with E-state index in [2.05, 4.69) is 16.0 Å². The molecule has 1 atom stereocenters. The van der Waals surface area contributed by atoms with Gasteiger partial charge in [-0.1, -0.05) is 29.8 Å². The number of nitrogens with one attached hydrogen (secondary N) is 3. The van der Waals surface area contributed by atoms with Gasteiger partial charge in [0.1, 0.15) is 0 Å². The van der Waals surface area contributed by atoms with E-state index in [0.717, 1.165) is 24.2 Å². The van der Waals surface area contributed by atoms with E-state index in [1.807, 2.05) is 41.3 Å². The first-order valence-electron chi connectivity index (χ1n) is 10.7. The van der Waals surface area contributed by atoms with Gasteiger partial charge in [0.15, 0.2) is 0 Å². The lowest BCUT2D eigenvalue weighted by atomic mass is 9.97. The summed E-state index contributed by atoms with van der Waals surface area (Å²) < 4.78 is 0. The van der Waals surface area contributed by atoms with Crippen molar-refractivity contribution in [3.8, 4) is 0 Å². The monoisotopic (exact) mass is 455 g/mol. The summed E-state index contributed by atoms with van der Waals surface area (Å²) in [5.74, 6) is -0.472. The number of benzene rings is 2. The summed E-state index contributed by atoms with van der Waals surface area (Å²) in [7, 11) is 0. The molecule has 2 aliphatic heterocycles. The Hall–Kier alpha value is -3.26. The van der Waals surface area contributed by atoms with Crippen molar-refractivity contribution < 1.29 is 14.4 Å². The number of halogens is 1. The van der Waals surface area contributed by atoms with Crippen molar-refractivity contribution in [3.05, 3.63) is 53.6 Å². The third-order valence-corrected chi connectivity index (χ3v) is 6.00. The number of para-hydroxylation sites is 1. The van der Waals surface area contributed by atoms with Crippen LogP contribution in [-0.4, -0.2) is 55.5 Å². The van der Waals surface area contributed by atoms with Gasteiger partial charge in [-0.25, -0.2) is 4.79 Å². The number of anilines is 3. The Morgan fingerprint density at radius 1 is 1.03 bits per heavy atom. The van der Waals surface area contributed by atoms with E-state index in [-0.39, 0.29) is 30.3 Å². The van der Waals surface area contributed by atoms with Crippen molar-refractivity contribution in [2.75, 3.05) is 48.3 Å². The van der Waals surface area contributed by atoms with Gasteiger partial charge >= 0.3 is 6.03 Å². The lowest BCUT2D eigenvalue weighted by Gasteiger charge is -2.32. The van der Waals surface area contributed by atoms with Gasteiger partial charge in [0, 0.05) is 37.6 Å². The highest BCUT2D eigenvalue weighted by molar-refractivity contribution is 6.33. The van der Waals surface area contributed by atoms with Gasteiger partial charge in [-0.05, 0) is 43.2 Å². The normalized spacial score (nSPS) is 18.7. The molecular weight excluding hydrogens is 430 g/mol. The van der Waals surface area contributed by atoms with Crippen molar-refractivity contribution in [2.24, 2.45) is 5.92 Å². The van der Waals surface area contributed by atoms with Crippen LogP contribution in [0.15, 0.2) is 48.5 Å². The fourth-order valence-electron chi connectivity index (χ4n) is 4.03. The quantitative estimate of drug-likeness (QED) is 0.660. The molecule has 2 heterocycles. The van der Waals surface area contributed by atoms with E-state index < -0.39 is 0 Å². The molecule has 4 amide bonds. The van der Waals surface area contributed by atoms with Gasteiger partial charge in [-0.3, -0.25) is 9.59 Å². The van der Waals surface area contributed by atoms with Crippen LogP contribution < -0.4 is 20.9 Å². The van der Waals surface area contributed by atoms with Crippen molar-refractivity contribution in [1.82, 2.24) is 10.2 Å². The molecule has 2 aliphatic rings. The molecule has 2 saturated heterocycles. The first-order valence-corrected chi connectivity index (χ1v) is 11.1. The third kappa shape index (κ3) is 5.31. The molecule has 2 aromatic carbocycles. The van der Waals surface area contributed by atoms with Crippen molar-refractivity contribution in [1.29, 1.82) is 0 Å². The number of likely N-dealkylation sites (tertiary alicyclic amines) is 1. The maximum Gasteiger partial charge on any atom is 0.321 e. The average Bonchev–Trinajstić information content (AvgIpc) is 2.80. The first kappa shape index (κ1) is 22.0. The molecule has 4 rings (SSSR count). The molecule has 0 bridgehead atoms. The van der Waals surface area contributed by atoms with Crippen LogP contribution in [0.2, 0.25) is 5.02 Å². The zero-order valence-electron chi connectivity index (χ0n) is 17.6. The molecule has 0 radical (unpaired) electrons. The van der Waals surface area contributed by atoms with Gasteiger partial charge in [0.05, 0.1) is 23.2 Å². The summed E-state index contributed by atoms with van der Waals surface area (Å²) in [6, 6.07) is 14.4. The van der Waals surface area contributed by atoms with Crippen molar-refractivity contribution in [3.63, 3.8) is 0 Å². The van der Waals surface area contributed by atoms with Gasteiger partial charge in [-0.15, -0.1) is 0 Å². The molecule has 1 unspecified atom stereocenters. The number of piperazine rings is 1. The predicted molar refractivity (Wildman–Crippen MR) is 125 cm³/mol.